The average molecular weight is 369 g/mol. The molecule has 8 heteroatoms. The highest BCUT2D eigenvalue weighted by Crippen LogP contribution is 2.32. The Labute approximate surface area is 156 Å². The molecule has 27 heavy (non-hydrogen) atoms. The fourth-order valence-electron chi connectivity index (χ4n) is 3.01. The molecule has 3 heterocycles. The molecule has 1 amide bonds. The predicted molar refractivity (Wildman–Crippen MR) is 95.8 cm³/mol. The number of fused-ring (bicyclic) bond motifs is 1. The number of benzene rings is 1. The quantitative estimate of drug-likeness (QED) is 0.745. The minimum Gasteiger partial charge on any atom is -0.477 e. The molecular formula is C19H19N3O5. The summed E-state index contributed by atoms with van der Waals surface area (Å²) in [6.07, 6.45) is 7.00. The second-order valence-corrected chi connectivity index (χ2v) is 6.13. The van der Waals surface area contributed by atoms with E-state index in [9.17, 15) is 4.79 Å². The fourth-order valence-corrected chi connectivity index (χ4v) is 3.01. The predicted octanol–water partition coefficient (Wildman–Crippen LogP) is 1.91. The molecule has 140 valence electrons. The van der Waals surface area contributed by atoms with Crippen LogP contribution in [0.2, 0.25) is 0 Å². The summed E-state index contributed by atoms with van der Waals surface area (Å²) in [7, 11) is 1.52. The van der Waals surface area contributed by atoms with Crippen molar-refractivity contribution in [2.45, 2.75) is 12.5 Å². The van der Waals surface area contributed by atoms with E-state index in [1.54, 1.807) is 23.2 Å². The van der Waals surface area contributed by atoms with Crippen LogP contribution in [0.3, 0.4) is 0 Å². The number of carbonyl (C=O) groups is 1. The first kappa shape index (κ1) is 17.1. The van der Waals surface area contributed by atoms with E-state index in [0.717, 1.165) is 17.7 Å². The van der Waals surface area contributed by atoms with Gasteiger partial charge in [0.2, 0.25) is 12.7 Å². The summed E-state index contributed by atoms with van der Waals surface area (Å²) in [6.45, 7) is 1.34. The van der Waals surface area contributed by atoms with Crippen molar-refractivity contribution in [2.24, 2.45) is 0 Å². The number of amides is 1. The Morgan fingerprint density at radius 3 is 2.89 bits per heavy atom. The standard InChI is InChI=1S/C19H19N3O5/c1-24-18-19(21-8-7-20-18)27-14-6-9-22(11-14)17(23)5-3-13-2-4-15-16(10-13)26-12-25-15/h2-5,7-8,10,14H,6,9,11-12H2,1H3/b5-3+/t14-/m1/s1. The molecule has 1 aromatic carbocycles. The molecule has 2 aromatic rings. The Bertz CT molecular complexity index is 870. The third kappa shape index (κ3) is 3.79. The van der Waals surface area contributed by atoms with Crippen molar-refractivity contribution in [3.63, 3.8) is 0 Å². The summed E-state index contributed by atoms with van der Waals surface area (Å²) in [6, 6.07) is 5.57. The van der Waals surface area contributed by atoms with Crippen LogP contribution in [0.4, 0.5) is 0 Å². The molecule has 2 aliphatic heterocycles. The van der Waals surface area contributed by atoms with Crippen LogP contribution in [0, 0.1) is 0 Å². The Morgan fingerprint density at radius 1 is 1.22 bits per heavy atom. The lowest BCUT2D eigenvalue weighted by Crippen LogP contribution is -2.29. The van der Waals surface area contributed by atoms with Crippen LogP contribution < -0.4 is 18.9 Å². The van der Waals surface area contributed by atoms with Crippen LogP contribution in [-0.4, -0.2) is 53.9 Å². The van der Waals surface area contributed by atoms with E-state index in [0.29, 0.717) is 30.6 Å². The minimum atomic E-state index is -0.140. The van der Waals surface area contributed by atoms with Gasteiger partial charge in [0, 0.05) is 31.4 Å². The lowest BCUT2D eigenvalue weighted by atomic mass is 10.2. The van der Waals surface area contributed by atoms with E-state index in [-0.39, 0.29) is 18.8 Å². The number of hydrogen-bond acceptors (Lipinski definition) is 7. The van der Waals surface area contributed by atoms with Crippen molar-refractivity contribution in [2.75, 3.05) is 27.0 Å². The first-order valence-electron chi connectivity index (χ1n) is 8.61. The summed E-state index contributed by atoms with van der Waals surface area (Å²) >= 11 is 0. The highest BCUT2D eigenvalue weighted by Gasteiger charge is 2.27. The molecule has 2 aliphatic rings. The van der Waals surface area contributed by atoms with Gasteiger partial charge in [-0.25, -0.2) is 9.97 Å². The Kier molecular flexibility index (Phi) is 4.78. The molecule has 8 nitrogen and oxygen atoms in total. The van der Waals surface area contributed by atoms with E-state index >= 15 is 0 Å². The van der Waals surface area contributed by atoms with E-state index in [1.807, 2.05) is 18.2 Å². The molecular weight excluding hydrogens is 350 g/mol. The van der Waals surface area contributed by atoms with Crippen molar-refractivity contribution in [3.05, 3.63) is 42.2 Å². The fraction of sp³-hybridized carbons (Fsp3) is 0.316. The molecule has 1 atom stereocenters. The Balaban J connectivity index is 1.35. The lowest BCUT2D eigenvalue weighted by Gasteiger charge is -2.16. The van der Waals surface area contributed by atoms with Crippen LogP contribution in [-0.2, 0) is 4.79 Å². The van der Waals surface area contributed by atoms with Crippen molar-refractivity contribution in [1.29, 1.82) is 0 Å². The molecule has 1 saturated heterocycles. The van der Waals surface area contributed by atoms with Crippen molar-refractivity contribution >= 4 is 12.0 Å². The normalized spacial score (nSPS) is 18.1. The monoisotopic (exact) mass is 369 g/mol. The zero-order chi connectivity index (χ0) is 18.6. The van der Waals surface area contributed by atoms with Gasteiger partial charge in [-0.15, -0.1) is 0 Å². The maximum atomic E-state index is 12.4. The molecule has 4 rings (SSSR count). The summed E-state index contributed by atoms with van der Waals surface area (Å²) < 4.78 is 21.6. The second kappa shape index (κ2) is 7.53. The minimum absolute atomic E-state index is 0.0649. The topological polar surface area (TPSA) is 83.0 Å². The number of ether oxygens (including phenoxy) is 4. The van der Waals surface area contributed by atoms with E-state index in [1.165, 1.54) is 13.3 Å². The van der Waals surface area contributed by atoms with E-state index in [4.69, 9.17) is 18.9 Å². The van der Waals surface area contributed by atoms with E-state index < -0.39 is 0 Å². The molecule has 0 spiro atoms. The van der Waals surface area contributed by atoms with Gasteiger partial charge in [-0.3, -0.25) is 4.79 Å². The third-order valence-electron chi connectivity index (χ3n) is 4.38. The summed E-state index contributed by atoms with van der Waals surface area (Å²) in [5.41, 5.74) is 0.879. The molecule has 0 N–H and O–H groups in total. The molecule has 1 fully saturated rings. The van der Waals surface area contributed by atoms with Crippen molar-refractivity contribution < 1.29 is 23.7 Å². The van der Waals surface area contributed by atoms with Crippen LogP contribution >= 0.6 is 0 Å². The number of likely N-dealkylation sites (tertiary alicyclic amines) is 1. The summed E-state index contributed by atoms with van der Waals surface area (Å²) in [5.74, 6) is 2.03. The zero-order valence-corrected chi connectivity index (χ0v) is 14.8. The summed E-state index contributed by atoms with van der Waals surface area (Å²) in [4.78, 5) is 22.4. The number of aromatic nitrogens is 2. The second-order valence-electron chi connectivity index (χ2n) is 6.13. The molecule has 0 radical (unpaired) electrons. The van der Waals surface area contributed by atoms with Crippen LogP contribution in [0.25, 0.3) is 6.08 Å². The van der Waals surface area contributed by atoms with Crippen molar-refractivity contribution in [1.82, 2.24) is 14.9 Å². The Hall–Kier alpha value is -3.29. The van der Waals surface area contributed by atoms with Crippen LogP contribution in [0.15, 0.2) is 36.7 Å². The van der Waals surface area contributed by atoms with Gasteiger partial charge in [0.25, 0.3) is 11.8 Å². The molecule has 1 aromatic heterocycles. The number of rotatable bonds is 5. The Morgan fingerprint density at radius 2 is 2.04 bits per heavy atom. The average Bonchev–Trinajstić information content (AvgIpc) is 3.35. The number of nitrogens with zero attached hydrogens (tertiary/aromatic N) is 3. The molecule has 0 unspecified atom stereocenters. The highest BCUT2D eigenvalue weighted by atomic mass is 16.7. The van der Waals surface area contributed by atoms with Gasteiger partial charge in [-0.2, -0.15) is 0 Å². The zero-order valence-electron chi connectivity index (χ0n) is 14.8. The first-order valence-corrected chi connectivity index (χ1v) is 8.61. The number of methoxy groups -OCH3 is 1. The molecule has 0 aliphatic carbocycles. The van der Waals surface area contributed by atoms with Gasteiger partial charge in [0.15, 0.2) is 11.5 Å². The van der Waals surface area contributed by atoms with Crippen molar-refractivity contribution in [3.8, 4) is 23.3 Å². The highest BCUT2D eigenvalue weighted by molar-refractivity contribution is 5.92. The summed E-state index contributed by atoms with van der Waals surface area (Å²) in [5, 5.41) is 0. The smallest absolute Gasteiger partial charge is 0.278 e. The maximum absolute atomic E-state index is 12.4. The van der Waals surface area contributed by atoms with Gasteiger partial charge in [0.05, 0.1) is 13.7 Å². The first-order chi connectivity index (χ1) is 13.2. The van der Waals surface area contributed by atoms with Gasteiger partial charge >= 0.3 is 0 Å². The lowest BCUT2D eigenvalue weighted by molar-refractivity contribution is -0.125. The van der Waals surface area contributed by atoms with Gasteiger partial charge in [0.1, 0.15) is 6.10 Å². The maximum Gasteiger partial charge on any atom is 0.278 e. The molecule has 0 bridgehead atoms. The van der Waals surface area contributed by atoms with Crippen LogP contribution in [0.1, 0.15) is 12.0 Å². The van der Waals surface area contributed by atoms with Gasteiger partial charge in [-0.05, 0) is 23.8 Å². The van der Waals surface area contributed by atoms with Gasteiger partial charge in [-0.1, -0.05) is 6.07 Å². The number of carbonyl (C=O) groups excluding carboxylic acids is 1. The largest absolute Gasteiger partial charge is 0.477 e. The third-order valence-corrected chi connectivity index (χ3v) is 4.38. The van der Waals surface area contributed by atoms with E-state index in [2.05, 4.69) is 9.97 Å². The number of hydrogen-bond donors (Lipinski definition) is 0. The van der Waals surface area contributed by atoms with Crippen LogP contribution in [0.5, 0.6) is 23.3 Å². The van der Waals surface area contributed by atoms with Gasteiger partial charge < -0.3 is 23.8 Å². The molecule has 0 saturated carbocycles. The SMILES string of the molecule is COc1nccnc1O[C@@H]1CCN(C(=O)/C=C/c2ccc3c(c2)OCO3)C1.